The molecule has 3 aromatic rings. The van der Waals surface area contributed by atoms with Gasteiger partial charge in [0.25, 0.3) is 11.6 Å². The van der Waals surface area contributed by atoms with Crippen molar-refractivity contribution in [3.8, 4) is 6.01 Å². The summed E-state index contributed by atoms with van der Waals surface area (Å²) in [5.41, 5.74) is 2.06. The second kappa shape index (κ2) is 7.37. The van der Waals surface area contributed by atoms with Crippen molar-refractivity contribution in [2.75, 3.05) is 32.7 Å². The van der Waals surface area contributed by atoms with E-state index in [9.17, 15) is 4.79 Å². The Balaban J connectivity index is 1.19. The van der Waals surface area contributed by atoms with Crippen molar-refractivity contribution >= 4 is 10.9 Å². The second-order valence-corrected chi connectivity index (χ2v) is 7.63. The van der Waals surface area contributed by atoms with Crippen LogP contribution < -0.4 is 10.3 Å². The Bertz CT molecular complexity index is 1030. The Kier molecular flexibility index (Phi) is 4.58. The molecule has 1 unspecified atom stereocenters. The topological polar surface area (TPSA) is 50.6 Å². The van der Waals surface area contributed by atoms with Gasteiger partial charge in [-0.1, -0.05) is 42.5 Å². The normalized spacial score (nSPS) is 20.2. The molecule has 5 rings (SSSR count). The summed E-state index contributed by atoms with van der Waals surface area (Å²) in [5, 5.41) is 0.657. The van der Waals surface area contributed by atoms with Crippen LogP contribution in [-0.2, 0) is 13.1 Å². The summed E-state index contributed by atoms with van der Waals surface area (Å²) in [6.07, 6.45) is -0.0160. The minimum atomic E-state index is -0.0160. The van der Waals surface area contributed by atoms with Crippen molar-refractivity contribution in [1.29, 1.82) is 0 Å². The fourth-order valence-corrected chi connectivity index (χ4v) is 4.14. The van der Waals surface area contributed by atoms with Gasteiger partial charge in [0.05, 0.1) is 17.4 Å². The van der Waals surface area contributed by atoms with Gasteiger partial charge in [-0.05, 0) is 17.7 Å². The molecule has 1 aromatic heterocycles. The minimum Gasteiger partial charge on any atom is -0.458 e. The predicted octanol–water partition coefficient (Wildman–Crippen LogP) is 1.98. The predicted molar refractivity (Wildman–Crippen MR) is 109 cm³/mol. The first-order valence-corrected chi connectivity index (χ1v) is 9.91. The highest BCUT2D eigenvalue weighted by Crippen LogP contribution is 2.21. The molecule has 2 aliphatic rings. The number of hydrogen-bond acceptors (Lipinski definition) is 5. The van der Waals surface area contributed by atoms with Gasteiger partial charge in [0, 0.05) is 39.3 Å². The molecule has 1 atom stereocenters. The zero-order valence-corrected chi connectivity index (χ0v) is 15.8. The number of ether oxygens (including phenoxy) is 1. The Morgan fingerprint density at radius 1 is 0.929 bits per heavy atom. The molecule has 1 fully saturated rings. The SMILES string of the molecule is O=c1c2ccccc2nc2n1CC(CN1CCN(Cc3ccccc3)CC1)O2. The summed E-state index contributed by atoms with van der Waals surface area (Å²) >= 11 is 0. The first-order chi connectivity index (χ1) is 13.8. The van der Waals surface area contributed by atoms with E-state index >= 15 is 0 Å². The summed E-state index contributed by atoms with van der Waals surface area (Å²) in [4.78, 5) is 22.2. The fourth-order valence-electron chi connectivity index (χ4n) is 4.14. The van der Waals surface area contributed by atoms with E-state index in [1.807, 2.05) is 24.3 Å². The van der Waals surface area contributed by atoms with Crippen LogP contribution in [-0.4, -0.2) is 58.2 Å². The largest absolute Gasteiger partial charge is 0.458 e. The fraction of sp³-hybridized carbons (Fsp3) is 0.364. The number of fused-ring (bicyclic) bond motifs is 2. The zero-order valence-electron chi connectivity index (χ0n) is 15.8. The molecule has 6 nitrogen and oxygen atoms in total. The third kappa shape index (κ3) is 3.41. The molecule has 3 heterocycles. The minimum absolute atomic E-state index is 0.00391. The maximum atomic E-state index is 12.7. The number of benzene rings is 2. The van der Waals surface area contributed by atoms with E-state index in [1.54, 1.807) is 4.57 Å². The van der Waals surface area contributed by atoms with Crippen LogP contribution in [0.4, 0.5) is 0 Å². The Morgan fingerprint density at radius 2 is 1.64 bits per heavy atom. The lowest BCUT2D eigenvalue weighted by molar-refractivity contribution is 0.0873. The average molecular weight is 376 g/mol. The standard InChI is InChI=1S/C22H24N4O2/c27-21-19-8-4-5-9-20(19)23-22-26(21)16-18(28-22)15-25-12-10-24(11-13-25)14-17-6-2-1-3-7-17/h1-9,18H,10-16H2. The van der Waals surface area contributed by atoms with Gasteiger partial charge in [0.2, 0.25) is 0 Å². The van der Waals surface area contributed by atoms with Gasteiger partial charge >= 0.3 is 0 Å². The highest BCUT2D eigenvalue weighted by molar-refractivity contribution is 5.77. The molecule has 2 aromatic carbocycles. The Labute approximate surface area is 164 Å². The quantitative estimate of drug-likeness (QED) is 0.697. The molecular formula is C22H24N4O2. The molecular weight excluding hydrogens is 352 g/mol. The van der Waals surface area contributed by atoms with E-state index in [1.165, 1.54) is 5.56 Å². The smallest absolute Gasteiger partial charge is 0.300 e. The van der Waals surface area contributed by atoms with E-state index in [0.717, 1.165) is 39.3 Å². The molecule has 144 valence electrons. The molecule has 0 N–H and O–H groups in total. The number of hydrogen-bond donors (Lipinski definition) is 0. The Morgan fingerprint density at radius 3 is 2.46 bits per heavy atom. The van der Waals surface area contributed by atoms with Crippen LogP contribution in [0.15, 0.2) is 59.4 Å². The van der Waals surface area contributed by atoms with E-state index in [0.29, 0.717) is 23.5 Å². The van der Waals surface area contributed by atoms with Gasteiger partial charge in [0.15, 0.2) is 0 Å². The number of aromatic nitrogens is 2. The molecule has 0 spiro atoms. The molecule has 0 aliphatic carbocycles. The van der Waals surface area contributed by atoms with E-state index in [4.69, 9.17) is 4.74 Å². The molecule has 1 saturated heterocycles. The van der Waals surface area contributed by atoms with Crippen molar-refractivity contribution in [3.63, 3.8) is 0 Å². The van der Waals surface area contributed by atoms with Gasteiger partial charge in [-0.25, -0.2) is 0 Å². The van der Waals surface area contributed by atoms with Crippen LogP contribution in [0.3, 0.4) is 0 Å². The van der Waals surface area contributed by atoms with Gasteiger partial charge in [-0.3, -0.25) is 19.2 Å². The third-order valence-corrected chi connectivity index (χ3v) is 5.66. The Hall–Kier alpha value is -2.70. The number of rotatable bonds is 4. The molecule has 2 aliphatic heterocycles. The summed E-state index contributed by atoms with van der Waals surface area (Å²) in [7, 11) is 0. The first kappa shape index (κ1) is 17.4. The van der Waals surface area contributed by atoms with Gasteiger partial charge in [-0.15, -0.1) is 0 Å². The summed E-state index contributed by atoms with van der Waals surface area (Å²) in [6.45, 7) is 6.56. The first-order valence-electron chi connectivity index (χ1n) is 9.91. The lowest BCUT2D eigenvalue weighted by atomic mass is 10.2. The highest BCUT2D eigenvalue weighted by Gasteiger charge is 2.29. The van der Waals surface area contributed by atoms with E-state index in [-0.39, 0.29) is 11.7 Å². The molecule has 28 heavy (non-hydrogen) atoms. The summed E-state index contributed by atoms with van der Waals surface area (Å²) in [6, 6.07) is 18.5. The van der Waals surface area contributed by atoms with Crippen LogP contribution in [0, 0.1) is 0 Å². The van der Waals surface area contributed by atoms with Crippen LogP contribution in [0.25, 0.3) is 10.9 Å². The summed E-state index contributed by atoms with van der Waals surface area (Å²) < 4.78 is 7.70. The van der Waals surface area contributed by atoms with Crippen LogP contribution >= 0.6 is 0 Å². The van der Waals surface area contributed by atoms with Crippen LogP contribution in [0.5, 0.6) is 6.01 Å². The molecule has 0 radical (unpaired) electrons. The maximum Gasteiger partial charge on any atom is 0.300 e. The highest BCUT2D eigenvalue weighted by atomic mass is 16.5. The molecule has 6 heteroatoms. The van der Waals surface area contributed by atoms with Crippen LogP contribution in [0.2, 0.25) is 0 Å². The van der Waals surface area contributed by atoms with E-state index in [2.05, 4.69) is 45.1 Å². The monoisotopic (exact) mass is 376 g/mol. The number of para-hydroxylation sites is 1. The van der Waals surface area contributed by atoms with Gasteiger partial charge in [0.1, 0.15) is 6.10 Å². The lowest BCUT2D eigenvalue weighted by Gasteiger charge is -2.35. The third-order valence-electron chi connectivity index (χ3n) is 5.66. The van der Waals surface area contributed by atoms with Crippen molar-refractivity contribution in [2.45, 2.75) is 19.2 Å². The number of nitrogens with zero attached hydrogens (tertiary/aromatic N) is 4. The summed E-state index contributed by atoms with van der Waals surface area (Å²) in [5.74, 6) is 0. The average Bonchev–Trinajstić information content (AvgIpc) is 3.13. The van der Waals surface area contributed by atoms with Gasteiger partial charge < -0.3 is 4.74 Å². The second-order valence-electron chi connectivity index (χ2n) is 7.63. The van der Waals surface area contributed by atoms with Crippen molar-refractivity contribution in [3.05, 3.63) is 70.5 Å². The zero-order chi connectivity index (χ0) is 18.9. The van der Waals surface area contributed by atoms with Gasteiger partial charge in [-0.2, -0.15) is 4.98 Å². The van der Waals surface area contributed by atoms with Crippen LogP contribution in [0.1, 0.15) is 5.56 Å². The van der Waals surface area contributed by atoms with E-state index < -0.39 is 0 Å². The maximum absolute atomic E-state index is 12.7. The lowest BCUT2D eigenvalue weighted by Crippen LogP contribution is -2.48. The molecule has 0 bridgehead atoms. The number of piperazine rings is 1. The van der Waals surface area contributed by atoms with Crippen molar-refractivity contribution < 1.29 is 4.74 Å². The molecule has 0 saturated carbocycles. The van der Waals surface area contributed by atoms with Crippen molar-refractivity contribution in [2.24, 2.45) is 0 Å². The molecule has 0 amide bonds. The van der Waals surface area contributed by atoms with Crippen molar-refractivity contribution in [1.82, 2.24) is 19.4 Å².